The fourth-order valence-corrected chi connectivity index (χ4v) is 14.7. The SMILES string of the molecule is c1ccc(-c2ccc3sc4ccc(-c5c6ccccc6c(-c6cccc7[se]c8c(-c9c%10ccccc%10c(-c%10ccccc%10)c%10ccccc9%10)cccc8c67)c6ccccc56)cc4c3c2)cc1. The summed E-state index contributed by atoms with van der Waals surface area (Å²) < 4.78 is 5.54. The van der Waals surface area contributed by atoms with E-state index in [0.29, 0.717) is 0 Å². The van der Waals surface area contributed by atoms with Gasteiger partial charge >= 0.3 is 341 Å². The van der Waals surface area contributed by atoms with Crippen molar-refractivity contribution in [1.82, 2.24) is 0 Å². The molecule has 0 N–H and O–H groups in total. The second-order valence-corrected chi connectivity index (χ2v) is 20.7. The Labute approximate surface area is 392 Å². The van der Waals surface area contributed by atoms with E-state index in [1.54, 1.807) is 0 Å². The van der Waals surface area contributed by atoms with Crippen LogP contribution in [0, 0.1) is 0 Å². The van der Waals surface area contributed by atoms with Gasteiger partial charge in [0, 0.05) is 0 Å². The minimum absolute atomic E-state index is 0.0994. The molecular formula is C64H38SSe. The minimum atomic E-state index is 0.0994. The Hall–Kier alpha value is -7.58. The normalized spacial score (nSPS) is 11.9. The Bertz CT molecular complexity index is 4160. The van der Waals surface area contributed by atoms with E-state index < -0.39 is 0 Å². The van der Waals surface area contributed by atoms with E-state index in [4.69, 9.17) is 0 Å². The smallest absolute Gasteiger partial charge is 0.0617 e. The van der Waals surface area contributed by atoms with Crippen LogP contribution in [0.25, 0.3) is 138 Å². The van der Waals surface area contributed by atoms with E-state index in [2.05, 4.69) is 231 Å². The predicted octanol–water partition coefficient (Wildman–Crippen LogP) is 18.4. The van der Waals surface area contributed by atoms with Crippen molar-refractivity contribution in [2.45, 2.75) is 0 Å². The molecule has 0 aliphatic rings. The third-order valence-electron chi connectivity index (χ3n) is 13.9. The molecule has 14 aromatic rings. The van der Waals surface area contributed by atoms with Gasteiger partial charge in [0.25, 0.3) is 0 Å². The first-order valence-electron chi connectivity index (χ1n) is 22.7. The summed E-state index contributed by atoms with van der Waals surface area (Å²) in [5.74, 6) is 0. The van der Waals surface area contributed by atoms with Crippen LogP contribution in [0.3, 0.4) is 0 Å². The van der Waals surface area contributed by atoms with E-state index in [0.717, 1.165) is 0 Å². The number of thiophene rings is 1. The van der Waals surface area contributed by atoms with E-state index in [-0.39, 0.29) is 14.5 Å². The van der Waals surface area contributed by atoms with Crippen LogP contribution in [0.15, 0.2) is 231 Å². The van der Waals surface area contributed by atoms with E-state index in [1.807, 2.05) is 11.3 Å². The number of benzene rings is 12. The molecule has 2 heteroatoms. The molecule has 0 aliphatic heterocycles. The van der Waals surface area contributed by atoms with Gasteiger partial charge in [0.15, 0.2) is 0 Å². The quantitative estimate of drug-likeness (QED) is 0.119. The molecule has 0 nitrogen and oxygen atoms in total. The maximum atomic E-state index is 2.46. The van der Waals surface area contributed by atoms with Crippen molar-refractivity contribution in [3.05, 3.63) is 231 Å². The van der Waals surface area contributed by atoms with Crippen LogP contribution < -0.4 is 0 Å². The van der Waals surface area contributed by atoms with Gasteiger partial charge in [0.05, 0.1) is 0 Å². The summed E-state index contributed by atoms with van der Waals surface area (Å²) in [6.07, 6.45) is 0. The number of hydrogen-bond donors (Lipinski definition) is 0. The molecule has 0 aliphatic carbocycles. The molecule has 0 saturated carbocycles. The summed E-state index contributed by atoms with van der Waals surface area (Å²) in [5, 5.41) is 15.7. The van der Waals surface area contributed by atoms with Gasteiger partial charge < -0.3 is 0 Å². The first-order valence-corrected chi connectivity index (χ1v) is 25.2. The molecule has 66 heavy (non-hydrogen) atoms. The Balaban J connectivity index is 1.01. The molecule has 14 rings (SSSR count). The van der Waals surface area contributed by atoms with Crippen LogP contribution in [0.2, 0.25) is 0 Å². The van der Waals surface area contributed by atoms with Gasteiger partial charge in [0.2, 0.25) is 0 Å². The van der Waals surface area contributed by atoms with Crippen LogP contribution in [-0.4, -0.2) is 14.5 Å². The standard InChI is InChI=1S/C64H38SSe/c1-3-17-39(18-4-1)41-33-35-56-54(37-41)55-38-42(34-36-57(55)65-56)60-45-23-9-11-25-47(45)61(48-26-12-10-24-46(48)60)51-29-16-32-58-63(51)53-31-15-30-52(64(53)66-58)62-49-27-13-7-21-43(49)59(40-19-5-2-6-20-40)44-22-8-14-28-50(44)62/h1-38H. The zero-order valence-electron chi connectivity index (χ0n) is 35.8. The van der Waals surface area contributed by atoms with Gasteiger partial charge in [0.1, 0.15) is 0 Å². The summed E-state index contributed by atoms with van der Waals surface area (Å²) in [4.78, 5) is 0. The van der Waals surface area contributed by atoms with Crippen molar-refractivity contribution in [2.24, 2.45) is 0 Å². The van der Waals surface area contributed by atoms with E-state index in [9.17, 15) is 0 Å². The van der Waals surface area contributed by atoms with Gasteiger partial charge in [-0.05, 0) is 17.2 Å². The molecule has 2 heterocycles. The first-order chi connectivity index (χ1) is 32.8. The van der Waals surface area contributed by atoms with E-state index in [1.165, 1.54) is 138 Å². The van der Waals surface area contributed by atoms with Gasteiger partial charge in [-0.1, -0.05) is 36.4 Å². The van der Waals surface area contributed by atoms with Gasteiger partial charge in [-0.15, -0.1) is 0 Å². The summed E-state index contributed by atoms with van der Waals surface area (Å²) in [5.41, 5.74) is 12.9. The molecule has 0 unspecified atom stereocenters. The van der Waals surface area contributed by atoms with Crippen LogP contribution in [0.4, 0.5) is 0 Å². The van der Waals surface area contributed by atoms with Crippen molar-refractivity contribution in [3.8, 4) is 55.6 Å². The average Bonchev–Trinajstić information content (AvgIpc) is 3.96. The summed E-state index contributed by atoms with van der Waals surface area (Å²) in [6, 6.07) is 86.3. The number of fused-ring (bicyclic) bond motifs is 10. The summed E-state index contributed by atoms with van der Waals surface area (Å²) >= 11 is 1.98. The zero-order chi connectivity index (χ0) is 43.3. The van der Waals surface area contributed by atoms with Gasteiger partial charge in [-0.25, -0.2) is 0 Å². The van der Waals surface area contributed by atoms with Crippen LogP contribution in [-0.2, 0) is 0 Å². The Morgan fingerprint density at radius 3 is 1.23 bits per heavy atom. The fraction of sp³-hybridized carbons (Fsp3) is 0. The molecule has 0 bridgehead atoms. The molecule has 0 fully saturated rings. The number of hydrogen-bond acceptors (Lipinski definition) is 1. The molecular weight excluding hydrogens is 880 g/mol. The van der Waals surface area contributed by atoms with Crippen LogP contribution >= 0.6 is 11.3 Å². The molecule has 306 valence electrons. The topological polar surface area (TPSA) is 0 Å². The molecule has 12 aromatic carbocycles. The summed E-state index contributed by atoms with van der Waals surface area (Å²) in [6.45, 7) is 0. The molecule has 2 aromatic heterocycles. The Kier molecular flexibility index (Phi) is 8.58. The monoisotopic (exact) mass is 918 g/mol. The Morgan fingerprint density at radius 1 is 0.258 bits per heavy atom. The fourth-order valence-electron chi connectivity index (χ4n) is 11.1. The first kappa shape index (κ1) is 37.8. The maximum absolute atomic E-state index is 2.46. The van der Waals surface area contributed by atoms with Crippen molar-refractivity contribution >= 4 is 108 Å². The molecule has 0 radical (unpaired) electrons. The third kappa shape index (κ3) is 5.70. The van der Waals surface area contributed by atoms with Crippen molar-refractivity contribution < 1.29 is 0 Å². The van der Waals surface area contributed by atoms with E-state index >= 15 is 0 Å². The average molecular weight is 918 g/mol. The van der Waals surface area contributed by atoms with Crippen LogP contribution in [0.1, 0.15) is 0 Å². The second-order valence-electron chi connectivity index (χ2n) is 17.4. The number of rotatable bonds is 5. The summed E-state index contributed by atoms with van der Waals surface area (Å²) in [7, 11) is 0. The van der Waals surface area contributed by atoms with Crippen molar-refractivity contribution in [3.63, 3.8) is 0 Å². The minimum Gasteiger partial charge on any atom is -0.0617 e. The van der Waals surface area contributed by atoms with Crippen molar-refractivity contribution in [2.75, 3.05) is 0 Å². The molecule has 0 atom stereocenters. The second kappa shape index (κ2) is 15.0. The zero-order valence-corrected chi connectivity index (χ0v) is 38.3. The molecule has 0 amide bonds. The predicted molar refractivity (Wildman–Crippen MR) is 288 cm³/mol. The van der Waals surface area contributed by atoms with Gasteiger partial charge in [-0.3, -0.25) is 0 Å². The molecule has 0 spiro atoms. The Morgan fingerprint density at radius 2 is 0.667 bits per heavy atom. The van der Waals surface area contributed by atoms with Crippen LogP contribution in [0.5, 0.6) is 0 Å². The third-order valence-corrected chi connectivity index (χ3v) is 17.5. The molecule has 0 saturated heterocycles. The van der Waals surface area contributed by atoms with Gasteiger partial charge in [-0.2, -0.15) is 0 Å². The van der Waals surface area contributed by atoms with Crippen molar-refractivity contribution in [1.29, 1.82) is 0 Å².